The third-order valence-electron chi connectivity index (χ3n) is 4.24. The van der Waals surface area contributed by atoms with Gasteiger partial charge in [0.15, 0.2) is 0 Å². The summed E-state index contributed by atoms with van der Waals surface area (Å²) in [5, 5.41) is 6.42. The maximum absolute atomic E-state index is 12.2. The van der Waals surface area contributed by atoms with Crippen molar-refractivity contribution in [3.05, 3.63) is 36.0 Å². The Bertz CT molecular complexity index is 820. The number of nitrogens with one attached hydrogen (secondary N) is 3. The molecule has 3 N–H and O–H groups in total. The van der Waals surface area contributed by atoms with Gasteiger partial charge in [-0.1, -0.05) is 39.0 Å². The summed E-state index contributed by atoms with van der Waals surface area (Å²) >= 11 is 0. The molecule has 0 saturated carbocycles. The zero-order chi connectivity index (χ0) is 20.0. The summed E-state index contributed by atoms with van der Waals surface area (Å²) in [6, 6.07) is 6.96. The van der Waals surface area contributed by atoms with Crippen LogP contribution in [0, 0.1) is 5.41 Å². The number of esters is 1. The summed E-state index contributed by atoms with van der Waals surface area (Å²) in [7, 11) is 1.29. The van der Waals surface area contributed by atoms with Crippen LogP contribution < -0.4 is 10.6 Å². The molecule has 0 aliphatic heterocycles. The number of carbonyl (C=O) groups is 3. The Kier molecular flexibility index (Phi) is 6.60. The minimum absolute atomic E-state index is 0.0865. The van der Waals surface area contributed by atoms with Crippen molar-refractivity contribution < 1.29 is 19.1 Å². The molecule has 0 aliphatic carbocycles. The second-order valence-corrected chi connectivity index (χ2v) is 7.46. The molecule has 0 saturated heterocycles. The second kappa shape index (κ2) is 8.70. The quantitative estimate of drug-likeness (QED) is 0.646. The molecule has 0 fully saturated rings. The number of ether oxygens (including phenoxy) is 1. The number of amides is 2. The fourth-order valence-electron chi connectivity index (χ4n) is 2.68. The van der Waals surface area contributed by atoms with Gasteiger partial charge in [-0.2, -0.15) is 0 Å². The van der Waals surface area contributed by atoms with Crippen molar-refractivity contribution in [1.82, 2.24) is 15.6 Å². The molecule has 0 radical (unpaired) electrons. The number of methoxy groups -OCH3 is 1. The van der Waals surface area contributed by atoms with Gasteiger partial charge in [0, 0.05) is 41.9 Å². The van der Waals surface area contributed by atoms with E-state index in [2.05, 4.69) is 15.6 Å². The van der Waals surface area contributed by atoms with Gasteiger partial charge in [-0.25, -0.2) is 4.79 Å². The van der Waals surface area contributed by atoms with E-state index in [-0.39, 0.29) is 24.8 Å². The molecule has 7 heteroatoms. The van der Waals surface area contributed by atoms with E-state index < -0.39 is 17.4 Å². The van der Waals surface area contributed by atoms with E-state index in [0.29, 0.717) is 6.42 Å². The molecule has 1 heterocycles. The zero-order valence-corrected chi connectivity index (χ0v) is 16.2. The fraction of sp³-hybridized carbons (Fsp3) is 0.450. The lowest BCUT2D eigenvalue weighted by Gasteiger charge is -2.19. The first-order chi connectivity index (χ1) is 12.7. The molecule has 2 rings (SSSR count). The molecule has 1 atom stereocenters. The molecule has 0 bridgehead atoms. The highest BCUT2D eigenvalue weighted by atomic mass is 16.5. The van der Waals surface area contributed by atoms with Gasteiger partial charge in [0.1, 0.15) is 6.04 Å². The van der Waals surface area contributed by atoms with E-state index in [1.54, 1.807) is 20.8 Å². The number of H-pyrrole nitrogens is 1. The smallest absolute Gasteiger partial charge is 0.328 e. The Balaban J connectivity index is 1.97. The molecule has 0 aliphatic rings. The van der Waals surface area contributed by atoms with Crippen LogP contribution in [0.3, 0.4) is 0 Å². The number of fused-ring (bicyclic) bond motifs is 1. The predicted octanol–water partition coefficient (Wildman–Crippen LogP) is 1.92. The number of aromatic nitrogens is 1. The monoisotopic (exact) mass is 373 g/mol. The second-order valence-electron chi connectivity index (χ2n) is 7.46. The van der Waals surface area contributed by atoms with Gasteiger partial charge in [0.2, 0.25) is 11.8 Å². The standard InChI is InChI=1S/C20H27N3O4/c1-20(2,3)19(26)21-10-9-17(24)23-16(18(25)27-4)11-13-12-22-15-8-6-5-7-14(13)15/h5-8,12,16,22H,9-11H2,1-4H3,(H,21,26)(H,23,24)/t16-/m1/s1. The molecule has 146 valence electrons. The number of hydrogen-bond donors (Lipinski definition) is 3. The van der Waals surface area contributed by atoms with Crippen molar-refractivity contribution in [2.45, 2.75) is 39.7 Å². The predicted molar refractivity (Wildman–Crippen MR) is 103 cm³/mol. The van der Waals surface area contributed by atoms with Crippen LogP contribution in [0.4, 0.5) is 0 Å². The average molecular weight is 373 g/mol. The summed E-state index contributed by atoms with van der Waals surface area (Å²) in [5.41, 5.74) is 1.37. The SMILES string of the molecule is COC(=O)[C@@H](Cc1c[nH]c2ccccc12)NC(=O)CCNC(=O)C(C)(C)C. The molecule has 1 aromatic carbocycles. The van der Waals surface area contributed by atoms with E-state index in [9.17, 15) is 14.4 Å². The number of hydrogen-bond acceptors (Lipinski definition) is 4. The largest absolute Gasteiger partial charge is 0.467 e. The van der Waals surface area contributed by atoms with Crippen molar-refractivity contribution in [3.8, 4) is 0 Å². The van der Waals surface area contributed by atoms with E-state index in [4.69, 9.17) is 4.74 Å². The summed E-state index contributed by atoms with van der Waals surface area (Å²) in [5.74, 6) is -0.953. The van der Waals surface area contributed by atoms with Crippen LogP contribution in [-0.4, -0.2) is 42.5 Å². The lowest BCUT2D eigenvalue weighted by atomic mass is 9.96. The van der Waals surface area contributed by atoms with Crippen molar-refractivity contribution in [2.24, 2.45) is 5.41 Å². The molecule has 7 nitrogen and oxygen atoms in total. The topological polar surface area (TPSA) is 100 Å². The van der Waals surface area contributed by atoms with Crippen molar-refractivity contribution in [2.75, 3.05) is 13.7 Å². The Morgan fingerprint density at radius 2 is 1.89 bits per heavy atom. The zero-order valence-electron chi connectivity index (χ0n) is 16.2. The van der Waals surface area contributed by atoms with E-state index >= 15 is 0 Å². The van der Waals surface area contributed by atoms with Crippen molar-refractivity contribution in [3.63, 3.8) is 0 Å². The van der Waals surface area contributed by atoms with Crippen molar-refractivity contribution in [1.29, 1.82) is 0 Å². The summed E-state index contributed by atoms with van der Waals surface area (Å²) in [4.78, 5) is 39.3. The van der Waals surface area contributed by atoms with Crippen LogP contribution in [0.1, 0.15) is 32.8 Å². The maximum atomic E-state index is 12.2. The number of para-hydroxylation sites is 1. The molecular weight excluding hydrogens is 346 g/mol. The van der Waals surface area contributed by atoms with Gasteiger partial charge in [-0.05, 0) is 11.6 Å². The highest BCUT2D eigenvalue weighted by molar-refractivity contribution is 5.87. The van der Waals surface area contributed by atoms with Crippen LogP contribution >= 0.6 is 0 Å². The summed E-state index contributed by atoms with van der Waals surface area (Å²) < 4.78 is 4.83. The lowest BCUT2D eigenvalue weighted by molar-refractivity contribution is -0.145. The van der Waals surface area contributed by atoms with Gasteiger partial charge in [-0.3, -0.25) is 9.59 Å². The number of benzene rings is 1. The van der Waals surface area contributed by atoms with E-state index in [0.717, 1.165) is 16.5 Å². The Morgan fingerprint density at radius 1 is 1.19 bits per heavy atom. The van der Waals surface area contributed by atoms with E-state index in [1.807, 2.05) is 30.5 Å². The van der Waals surface area contributed by atoms with Crippen LogP contribution in [-0.2, 0) is 25.5 Å². The highest BCUT2D eigenvalue weighted by Gasteiger charge is 2.24. The van der Waals surface area contributed by atoms with Gasteiger partial charge in [-0.15, -0.1) is 0 Å². The first kappa shape index (κ1) is 20.5. The number of rotatable bonds is 7. The molecule has 2 amide bonds. The molecule has 2 aromatic rings. The van der Waals surface area contributed by atoms with Crippen molar-refractivity contribution >= 4 is 28.7 Å². The summed E-state index contributed by atoms with van der Waals surface area (Å²) in [6.45, 7) is 5.62. The van der Waals surface area contributed by atoms with Crippen LogP contribution in [0.5, 0.6) is 0 Å². The third kappa shape index (κ3) is 5.57. The molecule has 27 heavy (non-hydrogen) atoms. The lowest BCUT2D eigenvalue weighted by Crippen LogP contribution is -2.44. The van der Waals surface area contributed by atoms with Gasteiger partial charge in [0.25, 0.3) is 0 Å². The van der Waals surface area contributed by atoms with Gasteiger partial charge < -0.3 is 20.4 Å². The first-order valence-electron chi connectivity index (χ1n) is 8.93. The van der Waals surface area contributed by atoms with Crippen LogP contribution in [0.15, 0.2) is 30.5 Å². The molecule has 0 spiro atoms. The van der Waals surface area contributed by atoms with Crippen LogP contribution in [0.25, 0.3) is 10.9 Å². The molecule has 1 aromatic heterocycles. The fourth-order valence-corrected chi connectivity index (χ4v) is 2.68. The highest BCUT2D eigenvalue weighted by Crippen LogP contribution is 2.19. The van der Waals surface area contributed by atoms with Gasteiger partial charge in [0.05, 0.1) is 7.11 Å². The summed E-state index contributed by atoms with van der Waals surface area (Å²) in [6.07, 6.45) is 2.23. The Labute approximate surface area is 158 Å². The van der Waals surface area contributed by atoms with E-state index in [1.165, 1.54) is 7.11 Å². The maximum Gasteiger partial charge on any atom is 0.328 e. The minimum atomic E-state index is -0.792. The Morgan fingerprint density at radius 3 is 2.56 bits per heavy atom. The third-order valence-corrected chi connectivity index (χ3v) is 4.24. The minimum Gasteiger partial charge on any atom is -0.467 e. The first-order valence-corrected chi connectivity index (χ1v) is 8.93. The molecule has 0 unspecified atom stereocenters. The average Bonchev–Trinajstić information content (AvgIpc) is 3.02. The number of carbonyl (C=O) groups excluding carboxylic acids is 3. The number of aromatic amines is 1. The van der Waals surface area contributed by atoms with Gasteiger partial charge >= 0.3 is 5.97 Å². The van der Waals surface area contributed by atoms with Crippen LogP contribution in [0.2, 0.25) is 0 Å². The Hall–Kier alpha value is -2.83. The normalized spacial score (nSPS) is 12.4. The molecular formula is C20H27N3O4.